The monoisotopic (exact) mass is 500 g/mol. The minimum Gasteiger partial charge on any atom is -0.467 e. The van der Waals surface area contributed by atoms with Gasteiger partial charge in [0, 0.05) is 11.1 Å². The molecular weight excluding hydrogens is 468 g/mol. The van der Waals surface area contributed by atoms with E-state index in [1.165, 1.54) is 0 Å². The molecule has 0 radical (unpaired) electrons. The first-order chi connectivity index (χ1) is 18.5. The summed E-state index contributed by atoms with van der Waals surface area (Å²) in [5, 5.41) is 0. The van der Waals surface area contributed by atoms with Gasteiger partial charge in [-0.05, 0) is 73.2 Å². The first-order valence-corrected chi connectivity index (χ1v) is 13.3. The molecule has 4 nitrogen and oxygen atoms in total. The first-order valence-electron chi connectivity index (χ1n) is 13.3. The fourth-order valence-electron chi connectivity index (χ4n) is 5.60. The quantitative estimate of drug-likeness (QED) is 0.281. The lowest BCUT2D eigenvalue weighted by atomic mass is 9.88. The molecule has 190 valence electrons. The maximum Gasteiger partial charge on any atom is 0.217 e. The highest BCUT2D eigenvalue weighted by Crippen LogP contribution is 2.40. The first kappa shape index (κ1) is 24.2. The molecule has 0 aliphatic carbocycles. The highest BCUT2D eigenvalue weighted by molar-refractivity contribution is 6.08. The van der Waals surface area contributed by atoms with Crippen LogP contribution in [-0.4, -0.2) is 23.9 Å². The van der Waals surface area contributed by atoms with Crippen molar-refractivity contribution < 1.29 is 9.47 Å². The minimum atomic E-state index is -0.106. The second-order valence-corrected chi connectivity index (χ2v) is 10.2. The topological polar surface area (TPSA) is 43.2 Å². The Kier molecular flexibility index (Phi) is 6.32. The lowest BCUT2D eigenvalue weighted by molar-refractivity contribution is 0.202. The van der Waals surface area contributed by atoms with Crippen molar-refractivity contribution in [3.63, 3.8) is 0 Å². The van der Waals surface area contributed by atoms with Gasteiger partial charge in [0.25, 0.3) is 0 Å². The molecular formula is C34H32N2O2. The van der Waals surface area contributed by atoms with Crippen LogP contribution in [0.4, 0.5) is 0 Å². The van der Waals surface area contributed by atoms with Gasteiger partial charge in [-0.15, -0.1) is 0 Å². The highest BCUT2D eigenvalue weighted by Gasteiger charge is 2.34. The van der Waals surface area contributed by atoms with Crippen molar-refractivity contribution in [2.75, 3.05) is 0 Å². The summed E-state index contributed by atoms with van der Waals surface area (Å²) in [7, 11) is 0. The molecule has 0 unspecified atom stereocenters. The molecule has 4 aromatic rings. The number of benzene rings is 4. The lowest BCUT2D eigenvalue weighted by Crippen LogP contribution is -2.13. The van der Waals surface area contributed by atoms with E-state index in [0.717, 1.165) is 44.5 Å². The van der Waals surface area contributed by atoms with E-state index in [1.807, 2.05) is 36.4 Å². The molecule has 2 aliphatic rings. The average Bonchev–Trinajstić information content (AvgIpc) is 3.52. The van der Waals surface area contributed by atoms with E-state index in [2.05, 4.69) is 88.4 Å². The van der Waals surface area contributed by atoms with Crippen LogP contribution in [0.3, 0.4) is 0 Å². The van der Waals surface area contributed by atoms with E-state index >= 15 is 0 Å². The van der Waals surface area contributed by atoms with Crippen LogP contribution in [0.15, 0.2) is 107 Å². The fourth-order valence-corrected chi connectivity index (χ4v) is 5.60. The zero-order chi connectivity index (χ0) is 26.2. The van der Waals surface area contributed by atoms with Gasteiger partial charge in [0.05, 0.1) is 12.1 Å². The van der Waals surface area contributed by atoms with Crippen LogP contribution in [0.1, 0.15) is 59.4 Å². The number of hydrogen-bond acceptors (Lipinski definition) is 4. The Morgan fingerprint density at radius 3 is 1.29 bits per heavy atom. The van der Waals surface area contributed by atoms with Gasteiger partial charge in [0.2, 0.25) is 11.8 Å². The fraction of sp³-hybridized carbons (Fsp3) is 0.235. The van der Waals surface area contributed by atoms with Gasteiger partial charge in [-0.1, -0.05) is 84.9 Å². The zero-order valence-electron chi connectivity index (χ0n) is 22.3. The highest BCUT2D eigenvalue weighted by atomic mass is 16.5. The number of ether oxygens (including phenoxy) is 2. The van der Waals surface area contributed by atoms with Crippen molar-refractivity contribution in [2.45, 2.75) is 52.0 Å². The SMILES string of the molecule is Cc1cccc(C2=N[C@@H](C)[C@@H](c3ccccc3)O2)c1-c1c(C)cccc1C1=N[C@@H](C)[C@@H](c2ccccc2)O1. The third kappa shape index (κ3) is 4.30. The predicted octanol–water partition coefficient (Wildman–Crippen LogP) is 7.78. The Labute approximate surface area is 224 Å². The van der Waals surface area contributed by atoms with Gasteiger partial charge in [0.15, 0.2) is 0 Å². The second kappa shape index (κ2) is 9.94. The molecule has 4 atom stereocenters. The largest absolute Gasteiger partial charge is 0.467 e. The van der Waals surface area contributed by atoms with Crippen molar-refractivity contribution in [3.05, 3.63) is 130 Å². The molecule has 38 heavy (non-hydrogen) atoms. The summed E-state index contributed by atoms with van der Waals surface area (Å²) in [6.07, 6.45) is -0.211. The molecule has 0 N–H and O–H groups in total. The number of rotatable bonds is 5. The molecule has 0 spiro atoms. The number of nitrogens with zero attached hydrogens (tertiary/aromatic N) is 2. The van der Waals surface area contributed by atoms with Gasteiger partial charge >= 0.3 is 0 Å². The van der Waals surface area contributed by atoms with Crippen LogP contribution < -0.4 is 0 Å². The third-order valence-electron chi connectivity index (χ3n) is 7.51. The van der Waals surface area contributed by atoms with Crippen molar-refractivity contribution in [3.8, 4) is 11.1 Å². The summed E-state index contributed by atoms with van der Waals surface area (Å²) in [5.74, 6) is 1.37. The van der Waals surface area contributed by atoms with Crippen LogP contribution in [0.25, 0.3) is 11.1 Å². The molecule has 0 saturated heterocycles. The molecule has 0 amide bonds. The van der Waals surface area contributed by atoms with E-state index in [9.17, 15) is 0 Å². The van der Waals surface area contributed by atoms with Crippen molar-refractivity contribution >= 4 is 11.8 Å². The Morgan fingerprint density at radius 1 is 0.500 bits per heavy atom. The van der Waals surface area contributed by atoms with Gasteiger partial charge < -0.3 is 9.47 Å². The summed E-state index contributed by atoms with van der Waals surface area (Å²) in [5.41, 5.74) is 8.81. The number of hydrogen-bond donors (Lipinski definition) is 0. The van der Waals surface area contributed by atoms with Crippen molar-refractivity contribution in [1.29, 1.82) is 0 Å². The summed E-state index contributed by atoms with van der Waals surface area (Å²) in [4.78, 5) is 9.99. The maximum absolute atomic E-state index is 6.55. The van der Waals surface area contributed by atoms with Crippen LogP contribution in [0.5, 0.6) is 0 Å². The molecule has 2 heterocycles. The third-order valence-corrected chi connectivity index (χ3v) is 7.51. The Hall–Kier alpha value is -4.18. The van der Waals surface area contributed by atoms with Crippen molar-refractivity contribution in [1.82, 2.24) is 0 Å². The minimum absolute atomic E-state index is 0.0205. The van der Waals surface area contributed by atoms with E-state index in [0.29, 0.717) is 11.8 Å². The van der Waals surface area contributed by atoms with Crippen molar-refractivity contribution in [2.24, 2.45) is 9.98 Å². The lowest BCUT2D eigenvalue weighted by Gasteiger charge is -2.20. The molecule has 2 aliphatic heterocycles. The van der Waals surface area contributed by atoms with Crippen LogP contribution in [0.2, 0.25) is 0 Å². The van der Waals surface area contributed by atoms with E-state index in [4.69, 9.17) is 19.5 Å². The van der Waals surface area contributed by atoms with Crippen LogP contribution in [-0.2, 0) is 9.47 Å². The summed E-state index contributed by atoms with van der Waals surface area (Å²) in [6, 6.07) is 33.4. The Morgan fingerprint density at radius 2 is 0.895 bits per heavy atom. The summed E-state index contributed by atoms with van der Waals surface area (Å²) in [6.45, 7) is 8.53. The van der Waals surface area contributed by atoms with E-state index in [-0.39, 0.29) is 24.3 Å². The van der Waals surface area contributed by atoms with Gasteiger partial charge in [0.1, 0.15) is 12.2 Å². The smallest absolute Gasteiger partial charge is 0.217 e. The molecule has 4 heteroatoms. The molecule has 0 bridgehead atoms. The molecule has 0 saturated carbocycles. The van der Waals surface area contributed by atoms with Gasteiger partial charge in [-0.25, -0.2) is 9.98 Å². The Bertz CT molecular complexity index is 1410. The normalized spacial score (nSPS) is 22.4. The predicted molar refractivity (Wildman–Crippen MR) is 154 cm³/mol. The van der Waals surface area contributed by atoms with Gasteiger partial charge in [-0.3, -0.25) is 0 Å². The summed E-state index contributed by atoms with van der Waals surface area (Å²) >= 11 is 0. The van der Waals surface area contributed by atoms with Gasteiger partial charge in [-0.2, -0.15) is 0 Å². The standard InChI is InChI=1S/C34H32N2O2/c1-21-13-11-19-27(33-35-23(3)31(37-33)25-15-7-5-8-16-25)29(21)30-22(2)14-12-20-28(30)34-36-24(4)32(38-34)26-17-9-6-10-18-26/h5-20,23-24,31-32H,1-4H3/t23-,24-,31-,32-/m0/s1. The average molecular weight is 501 g/mol. The van der Waals surface area contributed by atoms with E-state index in [1.54, 1.807) is 0 Å². The molecule has 0 fully saturated rings. The van der Waals surface area contributed by atoms with Crippen LogP contribution in [0, 0.1) is 13.8 Å². The molecule has 6 rings (SSSR count). The van der Waals surface area contributed by atoms with Crippen LogP contribution >= 0.6 is 0 Å². The maximum atomic E-state index is 6.55. The number of aliphatic imine (C=N–C) groups is 2. The summed E-state index contributed by atoms with van der Waals surface area (Å²) < 4.78 is 13.1. The Balaban J connectivity index is 1.42. The zero-order valence-corrected chi connectivity index (χ0v) is 22.3. The number of aryl methyl sites for hydroxylation is 2. The molecule has 4 aromatic carbocycles. The van der Waals surface area contributed by atoms with E-state index < -0.39 is 0 Å². The second-order valence-electron chi connectivity index (χ2n) is 10.2. The molecule has 0 aromatic heterocycles.